The summed E-state index contributed by atoms with van der Waals surface area (Å²) in [6.07, 6.45) is 1.04. The highest BCUT2D eigenvalue weighted by molar-refractivity contribution is 7.92. The van der Waals surface area contributed by atoms with Crippen LogP contribution in [0.3, 0.4) is 0 Å². The Hall–Kier alpha value is -3.72. The molecular weight excluding hydrogens is 517 g/mol. The van der Waals surface area contributed by atoms with Gasteiger partial charge in [0.2, 0.25) is 11.8 Å². The number of amides is 2. The van der Waals surface area contributed by atoms with Gasteiger partial charge in [0.25, 0.3) is 10.0 Å². The molecule has 0 fully saturated rings. The predicted octanol–water partition coefficient (Wildman–Crippen LogP) is 4.97. The molecule has 2 amide bonds. The summed E-state index contributed by atoms with van der Waals surface area (Å²) in [5, 5.41) is 2.84. The van der Waals surface area contributed by atoms with Gasteiger partial charge in [-0.05, 0) is 68.1 Å². The molecule has 0 aliphatic carbocycles. The number of hydrogen-bond acceptors (Lipinski definition) is 4. The fraction of sp³-hybridized carbons (Fsp3) is 0.333. The van der Waals surface area contributed by atoms with E-state index in [1.807, 2.05) is 13.8 Å². The van der Waals surface area contributed by atoms with Crippen LogP contribution in [0.1, 0.15) is 43.4 Å². The van der Waals surface area contributed by atoms with E-state index < -0.39 is 34.3 Å². The van der Waals surface area contributed by atoms with Crippen molar-refractivity contribution in [2.75, 3.05) is 17.4 Å². The number of hydrogen-bond donors (Lipinski definition) is 1. The Morgan fingerprint density at radius 3 is 2.15 bits per heavy atom. The van der Waals surface area contributed by atoms with Gasteiger partial charge in [0.05, 0.1) is 10.6 Å². The highest BCUT2D eigenvalue weighted by Crippen LogP contribution is 2.27. The molecule has 0 spiro atoms. The van der Waals surface area contributed by atoms with Crippen LogP contribution < -0.4 is 9.62 Å². The second-order valence-corrected chi connectivity index (χ2v) is 11.3. The van der Waals surface area contributed by atoms with Crippen LogP contribution in [-0.4, -0.2) is 44.3 Å². The maximum absolute atomic E-state index is 14.0. The number of halogens is 1. The minimum Gasteiger partial charge on any atom is -0.354 e. The van der Waals surface area contributed by atoms with Gasteiger partial charge in [0.1, 0.15) is 18.4 Å². The Labute approximate surface area is 230 Å². The number of benzene rings is 3. The fourth-order valence-electron chi connectivity index (χ4n) is 4.27. The molecule has 0 bridgehead atoms. The molecule has 9 heteroatoms. The number of carbonyl (C=O) groups excluding carboxylic acids is 2. The third kappa shape index (κ3) is 7.44. The van der Waals surface area contributed by atoms with Gasteiger partial charge in [-0.1, -0.05) is 61.9 Å². The molecule has 7 nitrogen and oxygen atoms in total. The molecule has 39 heavy (non-hydrogen) atoms. The lowest BCUT2D eigenvalue weighted by molar-refractivity contribution is -0.140. The topological polar surface area (TPSA) is 86.8 Å². The number of carbonyl (C=O) groups is 2. The monoisotopic (exact) mass is 553 g/mol. The van der Waals surface area contributed by atoms with Gasteiger partial charge in [-0.2, -0.15) is 0 Å². The smallest absolute Gasteiger partial charge is 0.264 e. The molecule has 0 saturated carbocycles. The van der Waals surface area contributed by atoms with Crippen LogP contribution in [0.15, 0.2) is 77.7 Å². The first-order valence-corrected chi connectivity index (χ1v) is 14.5. The van der Waals surface area contributed by atoms with Gasteiger partial charge in [-0.25, -0.2) is 12.8 Å². The zero-order valence-electron chi connectivity index (χ0n) is 22.9. The molecule has 3 rings (SSSR count). The number of anilines is 1. The molecule has 3 aromatic rings. The quantitative estimate of drug-likeness (QED) is 0.343. The van der Waals surface area contributed by atoms with E-state index in [2.05, 4.69) is 5.32 Å². The molecule has 0 aliphatic rings. The number of nitrogens with zero attached hydrogens (tertiary/aromatic N) is 2. The average Bonchev–Trinajstić information content (AvgIpc) is 2.92. The van der Waals surface area contributed by atoms with Crippen molar-refractivity contribution in [3.05, 3.63) is 95.3 Å². The summed E-state index contributed by atoms with van der Waals surface area (Å²) in [5.74, 6) is -1.28. The van der Waals surface area contributed by atoms with Crippen LogP contribution in [0, 0.1) is 19.7 Å². The minimum absolute atomic E-state index is 0.0172. The summed E-state index contributed by atoms with van der Waals surface area (Å²) in [5.41, 5.74) is 2.58. The van der Waals surface area contributed by atoms with Crippen LogP contribution in [0.2, 0.25) is 0 Å². The van der Waals surface area contributed by atoms with Gasteiger partial charge in [-0.3, -0.25) is 13.9 Å². The standard InChI is InChI=1S/C30H36FN3O4S/c1-5-19-32-30(36)27(6-2)33(20-24-13-15-25(31)16-14-24)29(35)21-34(28-10-8-7-9-23(28)4)39(37,38)26-17-11-22(3)12-18-26/h7-18,27H,5-6,19-21H2,1-4H3,(H,32,36). The Kier molecular flexibility index (Phi) is 10.2. The van der Waals surface area contributed by atoms with Gasteiger partial charge in [-0.15, -0.1) is 0 Å². The number of rotatable bonds is 12. The zero-order chi connectivity index (χ0) is 28.6. The molecule has 0 aromatic heterocycles. The zero-order valence-corrected chi connectivity index (χ0v) is 23.7. The van der Waals surface area contributed by atoms with E-state index in [-0.39, 0.29) is 17.3 Å². The lowest BCUT2D eigenvalue weighted by atomic mass is 10.1. The van der Waals surface area contributed by atoms with Crippen molar-refractivity contribution < 1.29 is 22.4 Å². The third-order valence-corrected chi connectivity index (χ3v) is 8.25. The average molecular weight is 554 g/mol. The number of para-hydroxylation sites is 1. The van der Waals surface area contributed by atoms with Crippen molar-refractivity contribution in [3.8, 4) is 0 Å². The number of nitrogens with one attached hydrogen (secondary N) is 1. The van der Waals surface area contributed by atoms with E-state index in [9.17, 15) is 22.4 Å². The molecule has 0 saturated heterocycles. The Morgan fingerprint density at radius 2 is 1.56 bits per heavy atom. The van der Waals surface area contributed by atoms with E-state index in [0.717, 1.165) is 16.3 Å². The van der Waals surface area contributed by atoms with Crippen molar-refractivity contribution >= 4 is 27.5 Å². The van der Waals surface area contributed by atoms with Crippen molar-refractivity contribution in [2.24, 2.45) is 0 Å². The van der Waals surface area contributed by atoms with E-state index in [0.29, 0.717) is 29.8 Å². The molecule has 0 heterocycles. The molecule has 0 radical (unpaired) electrons. The van der Waals surface area contributed by atoms with E-state index in [1.54, 1.807) is 62.4 Å². The summed E-state index contributed by atoms with van der Waals surface area (Å²) in [6, 6.07) is 18.2. The van der Waals surface area contributed by atoms with E-state index in [1.165, 1.54) is 29.2 Å². The summed E-state index contributed by atoms with van der Waals surface area (Å²) in [4.78, 5) is 28.5. The molecular formula is C30H36FN3O4S. The molecule has 3 aromatic carbocycles. The van der Waals surface area contributed by atoms with Gasteiger partial charge >= 0.3 is 0 Å². The SMILES string of the molecule is CCCNC(=O)C(CC)N(Cc1ccc(F)cc1)C(=O)CN(c1ccccc1C)S(=O)(=O)c1ccc(C)cc1. The first kappa shape index (κ1) is 29.8. The lowest BCUT2D eigenvalue weighted by Crippen LogP contribution is -2.52. The lowest BCUT2D eigenvalue weighted by Gasteiger charge is -2.33. The summed E-state index contributed by atoms with van der Waals surface area (Å²) < 4.78 is 42.5. The summed E-state index contributed by atoms with van der Waals surface area (Å²) in [6.45, 7) is 7.32. The molecule has 1 unspecified atom stereocenters. The maximum Gasteiger partial charge on any atom is 0.264 e. The third-order valence-electron chi connectivity index (χ3n) is 6.47. The second kappa shape index (κ2) is 13.4. The van der Waals surface area contributed by atoms with Crippen LogP contribution >= 0.6 is 0 Å². The molecule has 0 aliphatic heterocycles. The van der Waals surface area contributed by atoms with Crippen LogP contribution in [0.5, 0.6) is 0 Å². The van der Waals surface area contributed by atoms with Crippen molar-refractivity contribution in [1.82, 2.24) is 10.2 Å². The summed E-state index contributed by atoms with van der Waals surface area (Å²) >= 11 is 0. The second-order valence-electron chi connectivity index (χ2n) is 9.47. The highest BCUT2D eigenvalue weighted by Gasteiger charge is 2.34. The minimum atomic E-state index is -4.13. The first-order chi connectivity index (χ1) is 18.6. The van der Waals surface area contributed by atoms with Crippen molar-refractivity contribution in [1.29, 1.82) is 0 Å². The van der Waals surface area contributed by atoms with Crippen molar-refractivity contribution in [3.63, 3.8) is 0 Å². The van der Waals surface area contributed by atoms with Crippen LogP contribution in [0.25, 0.3) is 0 Å². The van der Waals surface area contributed by atoms with Crippen LogP contribution in [-0.2, 0) is 26.2 Å². The predicted molar refractivity (Wildman–Crippen MR) is 151 cm³/mol. The Morgan fingerprint density at radius 1 is 0.923 bits per heavy atom. The van der Waals surface area contributed by atoms with Gasteiger partial charge in [0, 0.05) is 13.1 Å². The highest BCUT2D eigenvalue weighted by atomic mass is 32.2. The maximum atomic E-state index is 14.0. The van der Waals surface area contributed by atoms with Gasteiger partial charge < -0.3 is 10.2 Å². The fourth-order valence-corrected chi connectivity index (χ4v) is 5.74. The Balaban J connectivity index is 2.05. The normalized spacial score (nSPS) is 12.0. The van der Waals surface area contributed by atoms with Crippen LogP contribution in [0.4, 0.5) is 10.1 Å². The molecule has 1 N–H and O–H groups in total. The number of aryl methyl sites for hydroxylation is 2. The summed E-state index contributed by atoms with van der Waals surface area (Å²) in [7, 11) is -4.13. The first-order valence-electron chi connectivity index (χ1n) is 13.0. The largest absolute Gasteiger partial charge is 0.354 e. The van der Waals surface area contributed by atoms with E-state index in [4.69, 9.17) is 0 Å². The molecule has 208 valence electrons. The molecule has 1 atom stereocenters. The van der Waals surface area contributed by atoms with E-state index >= 15 is 0 Å². The van der Waals surface area contributed by atoms with Crippen molar-refractivity contribution in [2.45, 2.75) is 58.0 Å². The Bertz CT molecular complexity index is 1380. The number of sulfonamides is 1. The van der Waals surface area contributed by atoms with Gasteiger partial charge in [0.15, 0.2) is 0 Å².